The smallest absolute Gasteiger partial charge is 0.259 e. The summed E-state index contributed by atoms with van der Waals surface area (Å²) in [5.74, 6) is 0.137. The van der Waals surface area contributed by atoms with E-state index in [2.05, 4.69) is 18.3 Å². The SMILES string of the molecule is COc1cc2c(cc1C(=O)Nc1ccc(N)cc1)CC[C@H]1C(C)(C)C(=O)C(C#N)=C[C@]21C. The van der Waals surface area contributed by atoms with Gasteiger partial charge in [-0.25, -0.2) is 0 Å². The van der Waals surface area contributed by atoms with Gasteiger partial charge in [0.15, 0.2) is 5.78 Å². The number of nitrogen functional groups attached to an aromatic ring is 1. The van der Waals surface area contributed by atoms with Crippen molar-refractivity contribution in [3.8, 4) is 11.8 Å². The van der Waals surface area contributed by atoms with Crippen LogP contribution in [0.15, 0.2) is 48.0 Å². The van der Waals surface area contributed by atoms with Crippen molar-refractivity contribution in [2.45, 2.75) is 39.0 Å². The molecule has 1 amide bonds. The zero-order valence-corrected chi connectivity index (χ0v) is 18.8. The lowest BCUT2D eigenvalue weighted by atomic mass is 9.51. The molecule has 32 heavy (non-hydrogen) atoms. The standard InChI is InChI=1S/C26H27N3O3/c1-25(2)22-10-5-15-11-19(24(31)29-18-8-6-17(28)7-9-18)21(32-4)12-20(15)26(22,3)13-16(14-27)23(25)30/h6-9,11-13,22H,5,10,28H2,1-4H3,(H,29,31)/t22-,26+/m0/s1. The zero-order chi connectivity index (χ0) is 23.3. The van der Waals surface area contributed by atoms with Crippen LogP contribution in [-0.2, 0) is 16.6 Å². The first-order chi connectivity index (χ1) is 15.1. The number of allylic oxidation sites excluding steroid dienone is 2. The fraction of sp³-hybridized carbons (Fsp3) is 0.346. The first-order valence-electron chi connectivity index (χ1n) is 10.7. The lowest BCUT2D eigenvalue weighted by molar-refractivity contribution is -0.128. The third kappa shape index (κ3) is 3.25. The average molecular weight is 430 g/mol. The molecule has 0 fully saturated rings. The van der Waals surface area contributed by atoms with Gasteiger partial charge in [-0.05, 0) is 66.3 Å². The predicted octanol–water partition coefficient (Wildman–Crippen LogP) is 4.41. The monoisotopic (exact) mass is 429 g/mol. The third-order valence-electron chi connectivity index (χ3n) is 7.11. The van der Waals surface area contributed by atoms with E-state index in [1.165, 1.54) is 7.11 Å². The number of benzene rings is 2. The normalized spacial score (nSPS) is 23.3. The van der Waals surface area contributed by atoms with Gasteiger partial charge < -0.3 is 15.8 Å². The van der Waals surface area contributed by atoms with Crippen molar-refractivity contribution in [2.75, 3.05) is 18.2 Å². The van der Waals surface area contributed by atoms with Crippen molar-refractivity contribution in [3.63, 3.8) is 0 Å². The number of nitrogens with zero attached hydrogens (tertiary/aromatic N) is 1. The second-order valence-corrected chi connectivity index (χ2v) is 9.38. The molecular formula is C26H27N3O3. The van der Waals surface area contributed by atoms with E-state index in [0.29, 0.717) is 22.7 Å². The Balaban J connectivity index is 1.79. The summed E-state index contributed by atoms with van der Waals surface area (Å²) >= 11 is 0. The summed E-state index contributed by atoms with van der Waals surface area (Å²) < 4.78 is 5.61. The Bertz CT molecular complexity index is 1190. The van der Waals surface area contributed by atoms with Crippen LogP contribution in [-0.4, -0.2) is 18.8 Å². The molecule has 0 heterocycles. The number of aryl methyl sites for hydroxylation is 1. The Kier molecular flexibility index (Phi) is 5.09. The molecule has 164 valence electrons. The number of Topliss-reactive ketones (excluding diaryl/α,β-unsaturated/α-hetero) is 1. The van der Waals surface area contributed by atoms with Crippen molar-refractivity contribution < 1.29 is 14.3 Å². The van der Waals surface area contributed by atoms with Gasteiger partial charge in [-0.15, -0.1) is 0 Å². The fourth-order valence-electron chi connectivity index (χ4n) is 5.47. The van der Waals surface area contributed by atoms with E-state index >= 15 is 0 Å². The highest BCUT2D eigenvalue weighted by Crippen LogP contribution is 2.55. The Morgan fingerprint density at radius 3 is 2.53 bits per heavy atom. The van der Waals surface area contributed by atoms with Crippen molar-refractivity contribution >= 4 is 23.1 Å². The van der Waals surface area contributed by atoms with Crippen LogP contribution in [0, 0.1) is 22.7 Å². The number of nitriles is 1. The predicted molar refractivity (Wildman–Crippen MR) is 123 cm³/mol. The molecule has 0 radical (unpaired) electrons. The number of nitrogens with two attached hydrogens (primary N) is 1. The first-order valence-corrected chi connectivity index (χ1v) is 10.7. The molecule has 4 rings (SSSR count). The lowest BCUT2D eigenvalue weighted by Gasteiger charge is -2.51. The number of anilines is 2. The van der Waals surface area contributed by atoms with Crippen molar-refractivity contribution in [1.29, 1.82) is 5.26 Å². The second kappa shape index (κ2) is 7.52. The van der Waals surface area contributed by atoms with Crippen molar-refractivity contribution in [1.82, 2.24) is 0 Å². The van der Waals surface area contributed by atoms with Gasteiger partial charge in [0.2, 0.25) is 0 Å². The number of hydrogen-bond donors (Lipinski definition) is 2. The largest absolute Gasteiger partial charge is 0.496 e. The van der Waals surface area contributed by atoms with Crippen LogP contribution in [0.1, 0.15) is 48.7 Å². The molecule has 0 saturated carbocycles. The third-order valence-corrected chi connectivity index (χ3v) is 7.11. The topological polar surface area (TPSA) is 105 Å². The molecule has 2 aromatic carbocycles. The van der Waals surface area contributed by atoms with Crippen molar-refractivity contribution in [2.24, 2.45) is 11.3 Å². The highest BCUT2D eigenvalue weighted by molar-refractivity contribution is 6.07. The van der Waals surface area contributed by atoms with Gasteiger partial charge in [0.25, 0.3) is 5.91 Å². The first kappa shape index (κ1) is 21.6. The van der Waals surface area contributed by atoms with Crippen LogP contribution in [0.25, 0.3) is 0 Å². The van der Waals surface area contributed by atoms with Crippen LogP contribution in [0.5, 0.6) is 5.75 Å². The number of amides is 1. The Labute approximate surface area is 188 Å². The van der Waals surface area contributed by atoms with Gasteiger partial charge in [0, 0.05) is 22.2 Å². The summed E-state index contributed by atoms with van der Waals surface area (Å²) in [6.07, 6.45) is 3.35. The number of hydrogen-bond acceptors (Lipinski definition) is 5. The quantitative estimate of drug-likeness (QED) is 0.703. The number of ether oxygens (including phenoxy) is 1. The van der Waals surface area contributed by atoms with Gasteiger partial charge in [-0.1, -0.05) is 26.8 Å². The minimum Gasteiger partial charge on any atom is -0.496 e. The van der Waals surface area contributed by atoms with E-state index in [0.717, 1.165) is 24.0 Å². The fourth-order valence-corrected chi connectivity index (χ4v) is 5.47. The molecule has 3 N–H and O–H groups in total. The maximum absolute atomic E-state index is 13.0. The van der Waals surface area contributed by atoms with E-state index in [4.69, 9.17) is 10.5 Å². The van der Waals surface area contributed by atoms with Crippen molar-refractivity contribution in [3.05, 3.63) is 64.7 Å². The van der Waals surface area contributed by atoms with Crippen LogP contribution in [0.3, 0.4) is 0 Å². The summed E-state index contributed by atoms with van der Waals surface area (Å²) in [6, 6.07) is 12.8. The number of nitrogens with one attached hydrogen (secondary N) is 1. The Morgan fingerprint density at radius 1 is 1.22 bits per heavy atom. The highest BCUT2D eigenvalue weighted by Gasteiger charge is 2.54. The molecule has 0 aliphatic heterocycles. The molecule has 6 nitrogen and oxygen atoms in total. The summed E-state index contributed by atoms with van der Waals surface area (Å²) in [6.45, 7) is 5.94. The van der Waals surface area contributed by atoms with E-state index in [1.54, 1.807) is 24.3 Å². The molecule has 0 spiro atoms. The lowest BCUT2D eigenvalue weighted by Crippen LogP contribution is -2.51. The van der Waals surface area contributed by atoms with Gasteiger partial charge >= 0.3 is 0 Å². The van der Waals surface area contributed by atoms with Crippen LogP contribution in [0.2, 0.25) is 0 Å². The molecule has 0 bridgehead atoms. The van der Waals surface area contributed by atoms with Crippen LogP contribution >= 0.6 is 0 Å². The summed E-state index contributed by atoms with van der Waals surface area (Å²) in [5, 5.41) is 12.5. The molecule has 2 aromatic rings. The second-order valence-electron chi connectivity index (χ2n) is 9.38. The van der Waals surface area contributed by atoms with E-state index in [9.17, 15) is 14.9 Å². The van der Waals surface area contributed by atoms with E-state index < -0.39 is 10.8 Å². The summed E-state index contributed by atoms with van der Waals surface area (Å²) in [7, 11) is 1.54. The number of rotatable bonds is 3. The van der Waals surface area contributed by atoms with Crippen LogP contribution in [0.4, 0.5) is 11.4 Å². The highest BCUT2D eigenvalue weighted by atomic mass is 16.5. The number of carbonyl (C=O) groups excluding carboxylic acids is 2. The molecule has 6 heteroatoms. The van der Waals surface area contributed by atoms with Crippen LogP contribution < -0.4 is 15.8 Å². The number of carbonyl (C=O) groups is 2. The van der Waals surface area contributed by atoms with Gasteiger partial charge in [-0.2, -0.15) is 5.26 Å². The van der Waals surface area contributed by atoms with Gasteiger partial charge in [-0.3, -0.25) is 9.59 Å². The molecular weight excluding hydrogens is 402 g/mol. The number of fused-ring (bicyclic) bond motifs is 3. The maximum Gasteiger partial charge on any atom is 0.259 e. The molecule has 2 aliphatic rings. The number of ketones is 1. The minimum absolute atomic E-state index is 0.0475. The molecule has 0 aromatic heterocycles. The summed E-state index contributed by atoms with van der Waals surface area (Å²) in [4.78, 5) is 25.9. The Morgan fingerprint density at radius 2 is 1.91 bits per heavy atom. The average Bonchev–Trinajstić information content (AvgIpc) is 2.77. The Hall–Kier alpha value is -3.59. The molecule has 2 aliphatic carbocycles. The zero-order valence-electron chi connectivity index (χ0n) is 18.8. The number of methoxy groups -OCH3 is 1. The van der Waals surface area contributed by atoms with Gasteiger partial charge in [0.05, 0.1) is 18.2 Å². The molecule has 0 saturated heterocycles. The van der Waals surface area contributed by atoms with E-state index in [-0.39, 0.29) is 23.2 Å². The van der Waals surface area contributed by atoms with E-state index in [1.807, 2.05) is 32.1 Å². The summed E-state index contributed by atoms with van der Waals surface area (Å²) in [5.41, 5.74) is 8.52. The molecule has 0 unspecified atom stereocenters. The minimum atomic E-state index is -0.648. The maximum atomic E-state index is 13.0. The molecule has 2 atom stereocenters. The van der Waals surface area contributed by atoms with Gasteiger partial charge in [0.1, 0.15) is 11.8 Å².